The highest BCUT2D eigenvalue weighted by molar-refractivity contribution is 7.99. The van der Waals surface area contributed by atoms with Gasteiger partial charge in [-0.1, -0.05) is 0 Å². The van der Waals surface area contributed by atoms with Crippen molar-refractivity contribution in [2.75, 3.05) is 25.1 Å². The van der Waals surface area contributed by atoms with Crippen LogP contribution in [0, 0.1) is 0 Å². The first-order valence-corrected chi connectivity index (χ1v) is 5.03. The second-order valence-corrected chi connectivity index (χ2v) is 3.68. The summed E-state index contributed by atoms with van der Waals surface area (Å²) < 4.78 is 5.09. The normalized spacial score (nSPS) is 10.0. The van der Waals surface area contributed by atoms with Crippen molar-refractivity contribution in [3.05, 3.63) is 18.2 Å². The largest absolute Gasteiger partial charge is 0.497 e. The number of ether oxygens (including phenoxy) is 1. The van der Waals surface area contributed by atoms with E-state index in [4.69, 9.17) is 16.2 Å². The van der Waals surface area contributed by atoms with Crippen molar-refractivity contribution in [2.24, 2.45) is 5.73 Å². The number of hydrogen-bond donors (Lipinski definition) is 2. The molecule has 1 rings (SSSR count). The predicted octanol–water partition coefficient (Wildman–Crippen LogP) is 1.33. The Morgan fingerprint density at radius 3 is 2.85 bits per heavy atom. The Morgan fingerprint density at radius 2 is 2.23 bits per heavy atom. The van der Waals surface area contributed by atoms with Crippen LogP contribution in [0.1, 0.15) is 0 Å². The van der Waals surface area contributed by atoms with Crippen LogP contribution in [0.25, 0.3) is 0 Å². The molecule has 0 radical (unpaired) electrons. The molecule has 3 nitrogen and oxygen atoms in total. The molecule has 4 N–H and O–H groups in total. The third-order valence-electron chi connectivity index (χ3n) is 1.60. The minimum Gasteiger partial charge on any atom is -0.497 e. The van der Waals surface area contributed by atoms with E-state index < -0.39 is 0 Å². The van der Waals surface area contributed by atoms with Gasteiger partial charge in [0, 0.05) is 22.9 Å². The number of nitrogens with two attached hydrogens (primary N) is 2. The minimum absolute atomic E-state index is 0.654. The molecule has 0 heterocycles. The second-order valence-electron chi connectivity index (χ2n) is 2.54. The first kappa shape index (κ1) is 10.2. The van der Waals surface area contributed by atoms with Gasteiger partial charge in [-0.25, -0.2) is 0 Å². The Balaban J connectivity index is 2.78. The van der Waals surface area contributed by atoms with E-state index in [1.54, 1.807) is 18.9 Å². The molecule has 0 aliphatic carbocycles. The highest BCUT2D eigenvalue weighted by Crippen LogP contribution is 2.28. The number of nitrogen functional groups attached to an aromatic ring is 1. The van der Waals surface area contributed by atoms with Crippen LogP contribution in [0.4, 0.5) is 5.69 Å². The highest BCUT2D eigenvalue weighted by Gasteiger charge is 2.00. The molecule has 0 aliphatic heterocycles. The zero-order valence-corrected chi connectivity index (χ0v) is 8.43. The smallest absolute Gasteiger partial charge is 0.120 e. The van der Waals surface area contributed by atoms with E-state index in [0.717, 1.165) is 22.1 Å². The molecule has 0 aliphatic rings. The number of hydrogen-bond acceptors (Lipinski definition) is 4. The molecule has 72 valence electrons. The molecule has 4 heteroatoms. The van der Waals surface area contributed by atoms with Crippen LogP contribution in [-0.4, -0.2) is 19.4 Å². The number of thioether (sulfide) groups is 1. The summed E-state index contributed by atoms with van der Waals surface area (Å²) in [4.78, 5) is 1.03. The topological polar surface area (TPSA) is 61.3 Å². The van der Waals surface area contributed by atoms with E-state index >= 15 is 0 Å². The summed E-state index contributed by atoms with van der Waals surface area (Å²) in [7, 11) is 1.64. The lowest BCUT2D eigenvalue weighted by atomic mass is 10.3. The maximum atomic E-state index is 5.77. The molecule has 0 saturated heterocycles. The zero-order valence-electron chi connectivity index (χ0n) is 7.62. The molecular weight excluding hydrogens is 184 g/mol. The molecule has 0 aromatic heterocycles. The number of anilines is 1. The quantitative estimate of drug-likeness (QED) is 0.566. The molecule has 0 saturated carbocycles. The summed E-state index contributed by atoms with van der Waals surface area (Å²) in [6.07, 6.45) is 0. The van der Waals surface area contributed by atoms with Crippen molar-refractivity contribution in [3.8, 4) is 5.75 Å². The molecule has 0 fully saturated rings. The van der Waals surface area contributed by atoms with Crippen molar-refractivity contribution in [1.82, 2.24) is 0 Å². The Hall–Kier alpha value is -0.870. The Morgan fingerprint density at radius 1 is 1.46 bits per heavy atom. The lowest BCUT2D eigenvalue weighted by Crippen LogP contribution is -2.01. The standard InChI is InChI=1S/C9H14N2OS/c1-12-7-2-3-8(11)9(6-7)13-5-4-10/h2-3,6H,4-5,10-11H2,1H3. The van der Waals surface area contributed by atoms with Gasteiger partial charge in [-0.3, -0.25) is 0 Å². The third kappa shape index (κ3) is 2.82. The maximum Gasteiger partial charge on any atom is 0.120 e. The number of methoxy groups -OCH3 is 1. The first-order chi connectivity index (χ1) is 6.27. The average molecular weight is 198 g/mol. The monoisotopic (exact) mass is 198 g/mol. The highest BCUT2D eigenvalue weighted by atomic mass is 32.2. The van der Waals surface area contributed by atoms with Crippen molar-refractivity contribution in [2.45, 2.75) is 4.90 Å². The van der Waals surface area contributed by atoms with Crippen LogP contribution >= 0.6 is 11.8 Å². The summed E-state index contributed by atoms with van der Waals surface area (Å²) in [5, 5.41) is 0. The van der Waals surface area contributed by atoms with Gasteiger partial charge in [0.25, 0.3) is 0 Å². The van der Waals surface area contributed by atoms with Crippen LogP contribution in [0.2, 0.25) is 0 Å². The summed E-state index contributed by atoms with van der Waals surface area (Å²) in [6.45, 7) is 0.654. The van der Waals surface area contributed by atoms with Crippen LogP contribution < -0.4 is 16.2 Å². The molecular formula is C9H14N2OS. The van der Waals surface area contributed by atoms with Gasteiger partial charge in [0.1, 0.15) is 5.75 Å². The van der Waals surface area contributed by atoms with Gasteiger partial charge in [0.05, 0.1) is 7.11 Å². The molecule has 0 bridgehead atoms. The van der Waals surface area contributed by atoms with Gasteiger partial charge in [0.2, 0.25) is 0 Å². The Bertz CT molecular complexity index is 278. The summed E-state index contributed by atoms with van der Waals surface area (Å²) >= 11 is 1.65. The predicted molar refractivity (Wildman–Crippen MR) is 57.2 cm³/mol. The van der Waals surface area contributed by atoms with Gasteiger partial charge < -0.3 is 16.2 Å². The van der Waals surface area contributed by atoms with Gasteiger partial charge >= 0.3 is 0 Å². The maximum absolute atomic E-state index is 5.77. The molecule has 0 amide bonds. The fourth-order valence-electron chi connectivity index (χ4n) is 0.936. The summed E-state index contributed by atoms with van der Waals surface area (Å²) in [6, 6.07) is 5.62. The van der Waals surface area contributed by atoms with Gasteiger partial charge in [-0.15, -0.1) is 11.8 Å². The summed E-state index contributed by atoms with van der Waals surface area (Å²) in [5.41, 5.74) is 11.9. The number of benzene rings is 1. The van der Waals surface area contributed by atoms with Crippen molar-refractivity contribution in [3.63, 3.8) is 0 Å². The molecule has 13 heavy (non-hydrogen) atoms. The molecule has 0 spiro atoms. The molecule has 1 aromatic carbocycles. The van der Waals surface area contributed by atoms with E-state index in [1.165, 1.54) is 0 Å². The second kappa shape index (κ2) is 4.99. The van der Waals surface area contributed by atoms with E-state index in [-0.39, 0.29) is 0 Å². The van der Waals surface area contributed by atoms with Crippen molar-refractivity contribution in [1.29, 1.82) is 0 Å². The average Bonchev–Trinajstić information content (AvgIpc) is 2.17. The Kier molecular flexibility index (Phi) is 3.92. The van der Waals surface area contributed by atoms with Crippen LogP contribution in [0.3, 0.4) is 0 Å². The van der Waals surface area contributed by atoms with E-state index in [0.29, 0.717) is 6.54 Å². The van der Waals surface area contributed by atoms with Crippen molar-refractivity contribution >= 4 is 17.4 Å². The third-order valence-corrected chi connectivity index (χ3v) is 2.70. The van der Waals surface area contributed by atoms with Crippen molar-refractivity contribution < 1.29 is 4.74 Å². The zero-order chi connectivity index (χ0) is 9.68. The fourth-order valence-corrected chi connectivity index (χ4v) is 1.71. The lowest BCUT2D eigenvalue weighted by molar-refractivity contribution is 0.414. The van der Waals surface area contributed by atoms with E-state index in [9.17, 15) is 0 Å². The van der Waals surface area contributed by atoms with Gasteiger partial charge in [0.15, 0.2) is 0 Å². The van der Waals surface area contributed by atoms with E-state index in [1.807, 2.05) is 18.2 Å². The molecule has 1 aromatic rings. The number of rotatable bonds is 4. The minimum atomic E-state index is 0.654. The van der Waals surface area contributed by atoms with E-state index in [2.05, 4.69) is 0 Å². The van der Waals surface area contributed by atoms with Gasteiger partial charge in [-0.05, 0) is 18.2 Å². The van der Waals surface area contributed by atoms with Gasteiger partial charge in [-0.2, -0.15) is 0 Å². The summed E-state index contributed by atoms with van der Waals surface area (Å²) in [5.74, 6) is 1.70. The first-order valence-electron chi connectivity index (χ1n) is 4.04. The SMILES string of the molecule is COc1ccc(N)c(SCCN)c1. The fraction of sp³-hybridized carbons (Fsp3) is 0.333. The molecule has 0 unspecified atom stereocenters. The molecule has 0 atom stereocenters. The Labute approximate surface area is 82.4 Å². The van der Waals surface area contributed by atoms with Crippen LogP contribution in [0.15, 0.2) is 23.1 Å². The van der Waals surface area contributed by atoms with Crippen LogP contribution in [-0.2, 0) is 0 Å². The lowest BCUT2D eigenvalue weighted by Gasteiger charge is -2.06. The van der Waals surface area contributed by atoms with Crippen LogP contribution in [0.5, 0.6) is 5.75 Å².